The standard InChI is InChI=1S/C30H27N3O3/c1-29(2,3)27(35)24-23(25(34)22-14-8-9-16-31-22)30(20-12-6-7-13-21(20)32-28(30)36)26-19-11-5-4-10-18(19)15-17-33(24)26/h4-17,23-24,26H,1-3H3,(H,32,36)/t23-,24+,26+,30+/m1/s1. The van der Waals surface area contributed by atoms with Crippen molar-refractivity contribution in [2.24, 2.45) is 11.3 Å². The number of hydrogen-bond donors (Lipinski definition) is 1. The fourth-order valence-corrected chi connectivity index (χ4v) is 6.28. The number of ketones is 2. The highest BCUT2D eigenvalue weighted by atomic mass is 16.2. The molecule has 1 spiro atoms. The Balaban J connectivity index is 1.70. The van der Waals surface area contributed by atoms with Crippen molar-refractivity contribution < 1.29 is 14.4 Å². The van der Waals surface area contributed by atoms with Gasteiger partial charge in [-0.15, -0.1) is 0 Å². The summed E-state index contributed by atoms with van der Waals surface area (Å²) in [5, 5.41) is 3.05. The number of anilines is 1. The van der Waals surface area contributed by atoms with Crippen molar-refractivity contribution in [1.82, 2.24) is 9.88 Å². The predicted molar refractivity (Wildman–Crippen MR) is 137 cm³/mol. The number of Topliss-reactive ketones (excluding diaryl/α,β-unsaturated/α-hetero) is 2. The molecule has 4 atom stereocenters. The molecule has 6 nitrogen and oxygen atoms in total. The lowest BCUT2D eigenvalue weighted by molar-refractivity contribution is -0.131. The Morgan fingerprint density at radius 3 is 2.44 bits per heavy atom. The summed E-state index contributed by atoms with van der Waals surface area (Å²) in [5.41, 5.74) is 1.53. The van der Waals surface area contributed by atoms with Crippen LogP contribution in [0.4, 0.5) is 5.69 Å². The lowest BCUT2D eigenvalue weighted by Crippen LogP contribution is -2.50. The van der Waals surface area contributed by atoms with Crippen LogP contribution in [0.5, 0.6) is 0 Å². The van der Waals surface area contributed by atoms with Gasteiger partial charge in [0.25, 0.3) is 0 Å². The summed E-state index contributed by atoms with van der Waals surface area (Å²) in [7, 11) is 0. The van der Waals surface area contributed by atoms with Crippen molar-refractivity contribution in [3.05, 3.63) is 102 Å². The summed E-state index contributed by atoms with van der Waals surface area (Å²) in [6.45, 7) is 5.59. The van der Waals surface area contributed by atoms with Gasteiger partial charge in [0.05, 0.1) is 18.0 Å². The third-order valence-electron chi connectivity index (χ3n) is 7.78. The molecule has 0 saturated carbocycles. The second-order valence-electron chi connectivity index (χ2n) is 10.8. The van der Waals surface area contributed by atoms with E-state index in [-0.39, 0.29) is 23.2 Å². The summed E-state index contributed by atoms with van der Waals surface area (Å²) >= 11 is 0. The average Bonchev–Trinajstić information content (AvgIpc) is 3.35. The van der Waals surface area contributed by atoms with E-state index in [4.69, 9.17) is 0 Å². The number of hydrogen-bond acceptors (Lipinski definition) is 5. The van der Waals surface area contributed by atoms with Crippen molar-refractivity contribution >= 4 is 29.2 Å². The third-order valence-corrected chi connectivity index (χ3v) is 7.78. The Morgan fingerprint density at radius 1 is 0.972 bits per heavy atom. The number of carbonyl (C=O) groups is 3. The van der Waals surface area contributed by atoms with Gasteiger partial charge in [-0.25, -0.2) is 0 Å². The van der Waals surface area contributed by atoms with Gasteiger partial charge >= 0.3 is 0 Å². The van der Waals surface area contributed by atoms with E-state index in [0.29, 0.717) is 5.69 Å². The maximum Gasteiger partial charge on any atom is 0.238 e. The highest BCUT2D eigenvalue weighted by Crippen LogP contribution is 2.62. The number of para-hydroxylation sites is 1. The Labute approximate surface area is 210 Å². The number of amides is 1. The van der Waals surface area contributed by atoms with Gasteiger partial charge in [-0.3, -0.25) is 19.4 Å². The first kappa shape index (κ1) is 22.4. The van der Waals surface area contributed by atoms with E-state index >= 15 is 0 Å². The molecule has 1 fully saturated rings. The van der Waals surface area contributed by atoms with Gasteiger partial charge in [0.1, 0.15) is 11.1 Å². The van der Waals surface area contributed by atoms with Gasteiger partial charge in [0.15, 0.2) is 11.6 Å². The Bertz CT molecular complexity index is 1440. The molecule has 0 bridgehead atoms. The van der Waals surface area contributed by atoms with Crippen LogP contribution in [0.15, 0.2) is 79.1 Å². The normalized spacial score (nSPS) is 25.8. The minimum Gasteiger partial charge on any atom is -0.358 e. The van der Waals surface area contributed by atoms with Crippen molar-refractivity contribution in [2.45, 2.75) is 38.3 Å². The van der Waals surface area contributed by atoms with E-state index in [0.717, 1.165) is 16.7 Å². The van der Waals surface area contributed by atoms with Gasteiger partial charge < -0.3 is 10.2 Å². The number of pyridine rings is 1. The molecule has 3 aromatic rings. The third kappa shape index (κ3) is 2.90. The average molecular weight is 478 g/mol. The molecule has 1 N–H and O–H groups in total. The van der Waals surface area contributed by atoms with Crippen molar-refractivity contribution in [3.63, 3.8) is 0 Å². The molecular formula is C30H27N3O3. The van der Waals surface area contributed by atoms with Crippen molar-refractivity contribution in [2.75, 3.05) is 5.32 Å². The van der Waals surface area contributed by atoms with Crippen LogP contribution in [0, 0.1) is 11.3 Å². The van der Waals surface area contributed by atoms with E-state index in [1.807, 2.05) is 86.5 Å². The second-order valence-corrected chi connectivity index (χ2v) is 10.8. The molecule has 0 radical (unpaired) electrons. The molecule has 4 heterocycles. The maximum atomic E-state index is 14.4. The van der Waals surface area contributed by atoms with Gasteiger partial charge in [-0.2, -0.15) is 0 Å². The molecule has 1 amide bonds. The van der Waals surface area contributed by atoms with Crippen molar-refractivity contribution in [3.8, 4) is 0 Å². The summed E-state index contributed by atoms with van der Waals surface area (Å²) in [5.74, 6) is -1.61. The van der Waals surface area contributed by atoms with E-state index in [2.05, 4.69) is 10.3 Å². The fraction of sp³-hybridized carbons (Fsp3) is 0.267. The number of nitrogens with zero attached hydrogens (tertiary/aromatic N) is 2. The van der Waals surface area contributed by atoms with Crippen LogP contribution in [0.1, 0.15) is 54.0 Å². The van der Waals surface area contributed by atoms with Crippen molar-refractivity contribution in [1.29, 1.82) is 0 Å². The minimum atomic E-state index is -1.31. The zero-order chi connectivity index (χ0) is 25.2. The molecule has 6 rings (SSSR count). The molecular weight excluding hydrogens is 450 g/mol. The molecule has 36 heavy (non-hydrogen) atoms. The van der Waals surface area contributed by atoms with E-state index in [1.54, 1.807) is 24.4 Å². The number of benzene rings is 2. The first-order valence-electron chi connectivity index (χ1n) is 12.2. The number of carbonyl (C=O) groups excluding carboxylic acids is 3. The summed E-state index contributed by atoms with van der Waals surface area (Å²) in [6.07, 6.45) is 5.43. The summed E-state index contributed by atoms with van der Waals surface area (Å²) in [6, 6.07) is 19.2. The van der Waals surface area contributed by atoms with Crippen LogP contribution in [-0.4, -0.2) is 33.4 Å². The zero-order valence-electron chi connectivity index (χ0n) is 20.4. The molecule has 0 aliphatic carbocycles. The number of aromatic nitrogens is 1. The number of rotatable bonds is 3. The molecule has 180 valence electrons. The quantitative estimate of drug-likeness (QED) is 0.549. The highest BCUT2D eigenvalue weighted by molar-refractivity contribution is 6.15. The molecule has 3 aliphatic rings. The Morgan fingerprint density at radius 2 is 1.69 bits per heavy atom. The van der Waals surface area contributed by atoms with Gasteiger partial charge in [-0.1, -0.05) is 69.3 Å². The number of nitrogens with one attached hydrogen (secondary N) is 1. The smallest absolute Gasteiger partial charge is 0.238 e. The van der Waals surface area contributed by atoms with Crippen LogP contribution in [-0.2, 0) is 15.0 Å². The first-order chi connectivity index (χ1) is 17.3. The Kier molecular flexibility index (Phi) is 4.80. The van der Waals surface area contributed by atoms with Crippen LogP contribution in [0.3, 0.4) is 0 Å². The first-order valence-corrected chi connectivity index (χ1v) is 12.2. The van der Waals surface area contributed by atoms with Gasteiger partial charge in [-0.05, 0) is 41.0 Å². The molecule has 2 aromatic carbocycles. The molecule has 6 heteroatoms. The topological polar surface area (TPSA) is 79.4 Å². The molecule has 1 aromatic heterocycles. The monoisotopic (exact) mass is 477 g/mol. The molecule has 3 aliphatic heterocycles. The van der Waals surface area contributed by atoms with Gasteiger partial charge in [0.2, 0.25) is 5.91 Å². The number of fused-ring (bicyclic) bond motifs is 6. The largest absolute Gasteiger partial charge is 0.358 e. The van der Waals surface area contributed by atoms with Crippen LogP contribution in [0.2, 0.25) is 0 Å². The van der Waals surface area contributed by atoms with Crippen LogP contribution >= 0.6 is 0 Å². The van der Waals surface area contributed by atoms with E-state index in [9.17, 15) is 14.4 Å². The fourth-order valence-electron chi connectivity index (χ4n) is 6.28. The van der Waals surface area contributed by atoms with E-state index < -0.39 is 28.8 Å². The second kappa shape index (κ2) is 7.72. The molecule has 1 saturated heterocycles. The SMILES string of the molecule is CC(C)(C)C(=O)[C@@H]1[C@H](C(=O)c2ccccn2)[C@]2(C(=O)Nc3ccccc32)[C@@H]2c3ccccc3C=CN12. The zero-order valence-corrected chi connectivity index (χ0v) is 20.4. The summed E-state index contributed by atoms with van der Waals surface area (Å²) < 4.78 is 0. The lowest BCUT2D eigenvalue weighted by atomic mass is 9.62. The van der Waals surface area contributed by atoms with Crippen LogP contribution < -0.4 is 5.32 Å². The minimum absolute atomic E-state index is 0.0835. The predicted octanol–water partition coefficient (Wildman–Crippen LogP) is 4.80. The molecule has 0 unspecified atom stereocenters. The highest BCUT2D eigenvalue weighted by Gasteiger charge is 2.71. The maximum absolute atomic E-state index is 14.4. The van der Waals surface area contributed by atoms with Crippen LogP contribution in [0.25, 0.3) is 6.08 Å². The lowest BCUT2D eigenvalue weighted by Gasteiger charge is -2.38. The Hall–Kier alpha value is -4.06. The van der Waals surface area contributed by atoms with E-state index in [1.165, 1.54) is 0 Å². The summed E-state index contributed by atoms with van der Waals surface area (Å²) in [4.78, 5) is 49.1. The van der Waals surface area contributed by atoms with Gasteiger partial charge in [0, 0.05) is 23.5 Å².